The van der Waals surface area contributed by atoms with Gasteiger partial charge in [-0.3, -0.25) is 4.79 Å². The number of carbonyl (C=O) groups is 2. The van der Waals surface area contributed by atoms with Crippen LogP contribution in [0.5, 0.6) is 0 Å². The molecule has 16 heavy (non-hydrogen) atoms. The lowest BCUT2D eigenvalue weighted by atomic mass is 10.1. The Morgan fingerprint density at radius 1 is 0.875 bits per heavy atom. The van der Waals surface area contributed by atoms with Gasteiger partial charge in [-0.15, -0.1) is 0 Å². The minimum absolute atomic E-state index is 0.222. The van der Waals surface area contributed by atoms with Gasteiger partial charge in [0.05, 0.1) is 0 Å². The number of ketones is 2. The minimum Gasteiger partial charge on any atom is -0.320 e. The van der Waals surface area contributed by atoms with Crippen LogP contribution in [0.4, 0.5) is 0 Å². The maximum absolute atomic E-state index is 11.4. The number of nitrogens with one attached hydrogen (secondary N) is 1. The summed E-state index contributed by atoms with van der Waals surface area (Å²) in [5.74, 6) is 0.576. The van der Waals surface area contributed by atoms with E-state index < -0.39 is 0 Å². The smallest absolute Gasteiger partial charge is 0.132 e. The highest BCUT2D eigenvalue weighted by Crippen LogP contribution is 2.06. The average Bonchev–Trinajstić information content (AvgIpc) is 2.24. The van der Waals surface area contributed by atoms with Crippen LogP contribution >= 0.6 is 0 Å². The third-order valence-electron chi connectivity index (χ3n) is 2.62. The van der Waals surface area contributed by atoms with Crippen molar-refractivity contribution in [3.63, 3.8) is 0 Å². The van der Waals surface area contributed by atoms with E-state index in [0.717, 1.165) is 38.6 Å². The van der Waals surface area contributed by atoms with E-state index in [1.165, 1.54) is 0 Å². The average molecular weight is 227 g/mol. The van der Waals surface area contributed by atoms with Gasteiger partial charge in [-0.2, -0.15) is 0 Å². The molecule has 0 fully saturated rings. The number of unbranched alkanes of at least 4 members (excludes halogenated alkanes) is 3. The van der Waals surface area contributed by atoms with Crippen molar-refractivity contribution in [2.45, 2.75) is 58.3 Å². The third-order valence-corrected chi connectivity index (χ3v) is 2.62. The molecule has 0 rings (SSSR count). The van der Waals surface area contributed by atoms with Crippen molar-refractivity contribution >= 4 is 11.6 Å². The van der Waals surface area contributed by atoms with Crippen LogP contribution in [0.3, 0.4) is 0 Å². The third kappa shape index (κ3) is 11.4. The number of hydrogen-bond acceptors (Lipinski definition) is 3. The molecular weight excluding hydrogens is 202 g/mol. The molecule has 0 aromatic heterocycles. The Balaban J connectivity index is 3.21. The Kier molecular flexibility index (Phi) is 10.3. The standard InChI is InChI=1S/C13H25NO2/c1-12(15)8-5-6-10-13(16)9-4-3-7-11-14-2/h14H,3-11H2,1-2H3. The molecule has 0 saturated heterocycles. The minimum atomic E-state index is 0.222. The highest BCUT2D eigenvalue weighted by atomic mass is 16.1. The van der Waals surface area contributed by atoms with Gasteiger partial charge in [0.15, 0.2) is 0 Å². The van der Waals surface area contributed by atoms with Crippen LogP contribution in [-0.2, 0) is 9.59 Å². The lowest BCUT2D eigenvalue weighted by Crippen LogP contribution is -2.07. The van der Waals surface area contributed by atoms with Crippen molar-refractivity contribution in [3.05, 3.63) is 0 Å². The van der Waals surface area contributed by atoms with Crippen molar-refractivity contribution in [2.24, 2.45) is 0 Å². The summed E-state index contributed by atoms with van der Waals surface area (Å²) in [5.41, 5.74) is 0. The Morgan fingerprint density at radius 3 is 2.00 bits per heavy atom. The van der Waals surface area contributed by atoms with Crippen LogP contribution in [0.15, 0.2) is 0 Å². The monoisotopic (exact) mass is 227 g/mol. The maximum Gasteiger partial charge on any atom is 0.132 e. The maximum atomic E-state index is 11.4. The van der Waals surface area contributed by atoms with Gasteiger partial charge in [0.2, 0.25) is 0 Å². The van der Waals surface area contributed by atoms with Crippen LogP contribution in [0.2, 0.25) is 0 Å². The van der Waals surface area contributed by atoms with E-state index in [-0.39, 0.29) is 5.78 Å². The second-order valence-electron chi connectivity index (χ2n) is 4.36. The van der Waals surface area contributed by atoms with Crippen molar-refractivity contribution in [3.8, 4) is 0 Å². The van der Waals surface area contributed by atoms with Crippen LogP contribution in [0.25, 0.3) is 0 Å². The molecule has 0 aromatic carbocycles. The van der Waals surface area contributed by atoms with Gasteiger partial charge in [-0.05, 0) is 46.2 Å². The number of hydrogen-bond donors (Lipinski definition) is 1. The van der Waals surface area contributed by atoms with E-state index in [1.807, 2.05) is 7.05 Å². The molecule has 0 aliphatic carbocycles. The van der Waals surface area contributed by atoms with E-state index in [0.29, 0.717) is 25.0 Å². The van der Waals surface area contributed by atoms with Crippen molar-refractivity contribution in [2.75, 3.05) is 13.6 Å². The first-order valence-electron chi connectivity index (χ1n) is 6.32. The first-order valence-corrected chi connectivity index (χ1v) is 6.32. The predicted octanol–water partition coefficient (Wildman–Crippen LogP) is 2.48. The fourth-order valence-electron chi connectivity index (χ4n) is 1.62. The van der Waals surface area contributed by atoms with Crippen LogP contribution < -0.4 is 5.32 Å². The quantitative estimate of drug-likeness (QED) is 0.552. The van der Waals surface area contributed by atoms with Gasteiger partial charge >= 0.3 is 0 Å². The van der Waals surface area contributed by atoms with Crippen molar-refractivity contribution < 1.29 is 9.59 Å². The van der Waals surface area contributed by atoms with E-state index >= 15 is 0 Å². The summed E-state index contributed by atoms with van der Waals surface area (Å²) < 4.78 is 0. The Morgan fingerprint density at radius 2 is 1.44 bits per heavy atom. The van der Waals surface area contributed by atoms with Gasteiger partial charge in [0, 0.05) is 19.3 Å². The van der Waals surface area contributed by atoms with E-state index in [4.69, 9.17) is 0 Å². The van der Waals surface area contributed by atoms with E-state index in [1.54, 1.807) is 6.92 Å². The number of rotatable bonds is 11. The predicted molar refractivity (Wildman–Crippen MR) is 66.6 cm³/mol. The molecule has 1 N–H and O–H groups in total. The summed E-state index contributed by atoms with van der Waals surface area (Å²) in [6.45, 7) is 2.64. The van der Waals surface area contributed by atoms with E-state index in [9.17, 15) is 9.59 Å². The van der Waals surface area contributed by atoms with Gasteiger partial charge in [-0.25, -0.2) is 0 Å². The highest BCUT2D eigenvalue weighted by Gasteiger charge is 2.02. The van der Waals surface area contributed by atoms with Crippen LogP contribution in [0.1, 0.15) is 58.3 Å². The van der Waals surface area contributed by atoms with Gasteiger partial charge in [0.25, 0.3) is 0 Å². The summed E-state index contributed by atoms with van der Waals surface area (Å²) in [6.07, 6.45) is 7.00. The summed E-state index contributed by atoms with van der Waals surface area (Å²) in [5, 5.41) is 3.09. The molecule has 0 aliphatic heterocycles. The molecule has 0 amide bonds. The number of carbonyl (C=O) groups excluding carboxylic acids is 2. The van der Waals surface area contributed by atoms with Crippen molar-refractivity contribution in [1.29, 1.82) is 0 Å². The molecule has 0 bridgehead atoms. The van der Waals surface area contributed by atoms with Crippen molar-refractivity contribution in [1.82, 2.24) is 5.32 Å². The van der Waals surface area contributed by atoms with Gasteiger partial charge in [0.1, 0.15) is 11.6 Å². The largest absolute Gasteiger partial charge is 0.320 e. The Labute approximate surface area is 99.0 Å². The normalized spacial score (nSPS) is 10.4. The molecule has 3 heteroatoms. The second-order valence-corrected chi connectivity index (χ2v) is 4.36. The Bertz CT molecular complexity index is 202. The first-order chi connectivity index (χ1) is 7.66. The van der Waals surface area contributed by atoms with Gasteiger partial charge < -0.3 is 10.1 Å². The molecule has 0 atom stereocenters. The van der Waals surface area contributed by atoms with Crippen LogP contribution in [0, 0.1) is 0 Å². The summed E-state index contributed by atoms with van der Waals surface area (Å²) >= 11 is 0. The molecule has 3 nitrogen and oxygen atoms in total. The molecule has 0 heterocycles. The zero-order valence-electron chi connectivity index (χ0n) is 10.7. The van der Waals surface area contributed by atoms with Gasteiger partial charge in [-0.1, -0.05) is 6.42 Å². The lowest BCUT2D eigenvalue weighted by Gasteiger charge is -2.01. The van der Waals surface area contributed by atoms with E-state index in [2.05, 4.69) is 5.32 Å². The SMILES string of the molecule is CNCCCCCC(=O)CCCCC(C)=O. The summed E-state index contributed by atoms with van der Waals surface area (Å²) in [6, 6.07) is 0. The van der Waals surface area contributed by atoms with Crippen LogP contribution in [-0.4, -0.2) is 25.2 Å². The highest BCUT2D eigenvalue weighted by molar-refractivity contribution is 5.78. The molecule has 0 saturated carbocycles. The molecule has 0 spiro atoms. The molecule has 0 aromatic rings. The molecular formula is C13H25NO2. The Hall–Kier alpha value is -0.700. The molecule has 0 radical (unpaired) electrons. The summed E-state index contributed by atoms with van der Waals surface area (Å²) in [4.78, 5) is 22.1. The summed E-state index contributed by atoms with van der Waals surface area (Å²) in [7, 11) is 1.94. The zero-order chi connectivity index (χ0) is 12.2. The molecule has 0 aliphatic rings. The fraction of sp³-hybridized carbons (Fsp3) is 0.846. The molecule has 94 valence electrons. The lowest BCUT2D eigenvalue weighted by molar-refractivity contribution is -0.120. The first kappa shape index (κ1) is 15.3. The zero-order valence-corrected chi connectivity index (χ0v) is 10.7. The fourth-order valence-corrected chi connectivity index (χ4v) is 1.62. The second kappa shape index (κ2) is 10.8. The number of Topliss-reactive ketones (excluding diaryl/α,β-unsaturated/α-hetero) is 2. The molecule has 0 unspecified atom stereocenters. The topological polar surface area (TPSA) is 46.2 Å².